The highest BCUT2D eigenvalue weighted by molar-refractivity contribution is 6.03. The molecule has 288 valence electrons. The lowest BCUT2D eigenvalue weighted by molar-refractivity contribution is -0.400. The van der Waals surface area contributed by atoms with E-state index in [1.807, 2.05) is 0 Å². The summed E-state index contributed by atoms with van der Waals surface area (Å²) in [5, 5.41) is 20.0. The predicted molar refractivity (Wildman–Crippen MR) is 151 cm³/mol. The van der Waals surface area contributed by atoms with E-state index in [9.17, 15) is 64.1 Å². The molecule has 1 aliphatic heterocycles. The zero-order valence-corrected chi connectivity index (χ0v) is 28.4. The topological polar surface area (TPSA) is 138 Å². The summed E-state index contributed by atoms with van der Waals surface area (Å²) in [6.07, 6.45) is -27.9. The molecule has 0 amide bonds. The second-order valence-electron chi connectivity index (χ2n) is 14.7. The number of rotatable bonds is 13. The molecule has 3 rings (SSSR count). The third-order valence-corrected chi connectivity index (χ3v) is 10.0. The van der Waals surface area contributed by atoms with Crippen molar-refractivity contribution in [3.63, 3.8) is 0 Å². The van der Waals surface area contributed by atoms with Gasteiger partial charge in [-0.1, -0.05) is 6.58 Å². The zero-order valence-electron chi connectivity index (χ0n) is 28.4. The van der Waals surface area contributed by atoms with E-state index >= 15 is 0 Å². The number of carbonyl (C=O) groups excluding carboxylic acids is 3. The first-order chi connectivity index (χ1) is 22.2. The lowest BCUT2D eigenvalue weighted by Crippen LogP contribution is -2.66. The van der Waals surface area contributed by atoms with Crippen molar-refractivity contribution >= 4 is 17.9 Å². The maximum atomic E-state index is 14.0. The van der Waals surface area contributed by atoms with Crippen molar-refractivity contribution in [1.29, 1.82) is 0 Å². The van der Waals surface area contributed by atoms with Crippen molar-refractivity contribution in [1.82, 2.24) is 0 Å². The van der Waals surface area contributed by atoms with Gasteiger partial charge in [0, 0.05) is 23.8 Å². The Labute approximate surface area is 281 Å². The molecule has 3 aliphatic rings. The Morgan fingerprint density at radius 2 is 1.44 bits per heavy atom. The monoisotopic (exact) mass is 744 g/mol. The van der Waals surface area contributed by atoms with Gasteiger partial charge in [0.15, 0.2) is 11.0 Å². The molecule has 1 heterocycles. The number of alkyl halides is 9. The van der Waals surface area contributed by atoms with Crippen LogP contribution in [0.2, 0.25) is 0 Å². The van der Waals surface area contributed by atoms with Crippen molar-refractivity contribution in [2.45, 2.75) is 146 Å². The average molecular weight is 745 g/mol. The average Bonchev–Trinajstić information content (AvgIpc) is 3.52. The SMILES string of the molecule is C=C(C)C(=O)OC1C2CC3C1OC(=O)C3(C(=O)OC(CC(C)(C)OC(C)C(C)(O)C(F)(F)F)C(C)(C)OC(C)C(O)(C(F)(F)F)C(F)(F)F)C2. The Balaban J connectivity index is 2.00. The minimum Gasteiger partial charge on any atom is -0.458 e. The molecule has 50 heavy (non-hydrogen) atoms. The molecule has 0 aromatic carbocycles. The highest BCUT2D eigenvalue weighted by Gasteiger charge is 2.76. The van der Waals surface area contributed by atoms with E-state index in [-0.39, 0.29) is 25.3 Å². The van der Waals surface area contributed by atoms with Crippen LogP contribution in [0.3, 0.4) is 0 Å². The molecule has 0 spiro atoms. The fourth-order valence-electron chi connectivity index (χ4n) is 6.88. The van der Waals surface area contributed by atoms with E-state index in [2.05, 4.69) is 6.58 Å². The van der Waals surface area contributed by atoms with Crippen LogP contribution in [-0.2, 0) is 38.1 Å². The number of hydrogen-bond donors (Lipinski definition) is 2. The third kappa shape index (κ3) is 7.07. The molecule has 0 aromatic heterocycles. The summed E-state index contributed by atoms with van der Waals surface area (Å²) in [7, 11) is 0. The van der Waals surface area contributed by atoms with E-state index in [1.165, 1.54) is 6.92 Å². The van der Waals surface area contributed by atoms with Crippen LogP contribution in [0, 0.1) is 17.3 Å². The van der Waals surface area contributed by atoms with Gasteiger partial charge in [0.25, 0.3) is 5.60 Å². The van der Waals surface area contributed by atoms with Gasteiger partial charge < -0.3 is 33.9 Å². The number of halogens is 9. The van der Waals surface area contributed by atoms with Crippen LogP contribution in [0.15, 0.2) is 12.2 Å². The second kappa shape index (κ2) is 12.8. The van der Waals surface area contributed by atoms with Gasteiger partial charge in [-0.05, 0) is 68.2 Å². The normalized spacial score (nSPS) is 28.8. The Morgan fingerprint density at radius 1 is 0.920 bits per heavy atom. The summed E-state index contributed by atoms with van der Waals surface area (Å²) in [5.41, 5.74) is -15.2. The fraction of sp³-hybridized carbons (Fsp3) is 0.839. The summed E-state index contributed by atoms with van der Waals surface area (Å²) in [6.45, 7) is 10.5. The van der Waals surface area contributed by atoms with E-state index in [4.69, 9.17) is 23.7 Å². The smallest absolute Gasteiger partial charge is 0.428 e. The molecule has 19 heteroatoms. The maximum Gasteiger partial charge on any atom is 0.428 e. The summed E-state index contributed by atoms with van der Waals surface area (Å²) < 4.78 is 150. The molecule has 0 radical (unpaired) electrons. The van der Waals surface area contributed by atoms with Crippen LogP contribution >= 0.6 is 0 Å². The number of esters is 3. The standard InChI is InChI=1S/C31H41F9O10/c1-13(2)21(41)47-19-16-10-17-20(19)48-23(43)27(17,11-16)22(42)46-18(12-24(5,6)49-14(3)26(9,44)29(32,33)34)25(7,8)50-15(4)28(45,30(35,36)37)31(38,39)40/h14-20,44-45H,1,10-12H2,2-9H3. The first-order valence-corrected chi connectivity index (χ1v) is 15.5. The lowest BCUT2D eigenvalue weighted by atomic mass is 9.73. The molecule has 2 bridgehead atoms. The third-order valence-electron chi connectivity index (χ3n) is 10.0. The largest absolute Gasteiger partial charge is 0.458 e. The highest BCUT2D eigenvalue weighted by atomic mass is 19.4. The molecule has 3 fully saturated rings. The molecule has 10 nitrogen and oxygen atoms in total. The van der Waals surface area contributed by atoms with E-state index < -0.39 is 113 Å². The lowest BCUT2D eigenvalue weighted by Gasteiger charge is -2.45. The van der Waals surface area contributed by atoms with Crippen molar-refractivity contribution in [3.05, 3.63) is 12.2 Å². The Kier molecular flexibility index (Phi) is 10.7. The molecule has 9 atom stereocenters. The first kappa shape index (κ1) is 41.8. The van der Waals surface area contributed by atoms with Crippen molar-refractivity contribution < 1.29 is 87.8 Å². The fourth-order valence-corrected chi connectivity index (χ4v) is 6.88. The van der Waals surface area contributed by atoms with Gasteiger partial charge in [0.1, 0.15) is 30.0 Å². The van der Waals surface area contributed by atoms with Crippen molar-refractivity contribution in [3.8, 4) is 0 Å². The Bertz CT molecular complexity index is 1340. The quantitative estimate of drug-likeness (QED) is 0.0845. The minimum atomic E-state index is -6.32. The summed E-state index contributed by atoms with van der Waals surface area (Å²) in [6, 6.07) is 0. The highest BCUT2D eigenvalue weighted by Crippen LogP contribution is 2.63. The number of aliphatic hydroxyl groups is 2. The molecule has 1 saturated heterocycles. The first-order valence-electron chi connectivity index (χ1n) is 15.5. The zero-order chi connectivity index (χ0) is 39.0. The van der Waals surface area contributed by atoms with Crippen LogP contribution in [0.5, 0.6) is 0 Å². The van der Waals surface area contributed by atoms with Gasteiger partial charge in [-0.15, -0.1) is 0 Å². The number of carbonyl (C=O) groups is 3. The van der Waals surface area contributed by atoms with Crippen LogP contribution in [0.25, 0.3) is 0 Å². The molecule has 2 aliphatic carbocycles. The number of ether oxygens (including phenoxy) is 5. The molecule has 0 aromatic rings. The van der Waals surface area contributed by atoms with E-state index in [0.29, 0.717) is 6.92 Å². The van der Waals surface area contributed by atoms with Crippen LogP contribution < -0.4 is 0 Å². The van der Waals surface area contributed by atoms with Gasteiger partial charge in [0.05, 0.1) is 11.7 Å². The maximum absolute atomic E-state index is 14.0. The molecule has 2 N–H and O–H groups in total. The molecular weight excluding hydrogens is 703 g/mol. The van der Waals surface area contributed by atoms with Gasteiger partial charge >= 0.3 is 36.4 Å². The van der Waals surface area contributed by atoms with Crippen molar-refractivity contribution in [2.24, 2.45) is 17.3 Å². The molecule has 9 unspecified atom stereocenters. The van der Waals surface area contributed by atoms with Crippen LogP contribution in [0.1, 0.15) is 74.7 Å². The van der Waals surface area contributed by atoms with Gasteiger partial charge in [-0.2, -0.15) is 39.5 Å². The van der Waals surface area contributed by atoms with Crippen LogP contribution in [0.4, 0.5) is 39.5 Å². The summed E-state index contributed by atoms with van der Waals surface area (Å²) in [4.78, 5) is 39.4. The van der Waals surface area contributed by atoms with Crippen LogP contribution in [-0.4, -0.2) is 99.6 Å². The summed E-state index contributed by atoms with van der Waals surface area (Å²) >= 11 is 0. The van der Waals surface area contributed by atoms with E-state index in [1.54, 1.807) is 0 Å². The van der Waals surface area contributed by atoms with Crippen molar-refractivity contribution in [2.75, 3.05) is 0 Å². The van der Waals surface area contributed by atoms with Gasteiger partial charge in [0.2, 0.25) is 0 Å². The van der Waals surface area contributed by atoms with E-state index in [0.717, 1.165) is 34.6 Å². The second-order valence-corrected chi connectivity index (χ2v) is 14.7. The Hall–Kier alpha value is -2.64. The van der Waals surface area contributed by atoms with Gasteiger partial charge in [-0.25, -0.2) is 4.79 Å². The number of fused-ring (bicyclic) bond motifs is 1. The molecule has 2 saturated carbocycles. The number of hydrogen-bond acceptors (Lipinski definition) is 10. The molecular formula is C31H41F9O10. The minimum absolute atomic E-state index is 0.0425. The predicted octanol–water partition coefficient (Wildman–Crippen LogP) is 5.26. The summed E-state index contributed by atoms with van der Waals surface area (Å²) in [5.74, 6) is -4.73. The Morgan fingerprint density at radius 3 is 1.90 bits per heavy atom. The van der Waals surface area contributed by atoms with Gasteiger partial charge in [-0.3, -0.25) is 9.59 Å².